The van der Waals surface area contributed by atoms with Gasteiger partial charge in [0, 0.05) is 0 Å². The monoisotopic (exact) mass is 108 g/mol. The van der Waals surface area contributed by atoms with E-state index >= 15 is 0 Å². The predicted molar refractivity (Wildman–Crippen MR) is 19.9 cm³/mol. The fourth-order valence-corrected chi connectivity index (χ4v) is 0.0793. The van der Waals surface area contributed by atoms with Gasteiger partial charge in [0.05, 0.1) is 0 Å². The highest BCUT2D eigenvalue weighted by molar-refractivity contribution is 4.20. The standard InChI is InChI=1S/H4N4O3/c1-3(5)7-4(2)6/h1-2H2/q-2. The van der Waals surface area contributed by atoms with Crippen LogP contribution in [0, 0.1) is 10.4 Å². The van der Waals surface area contributed by atoms with Crippen LogP contribution in [-0.4, -0.2) is 10.7 Å². The molecule has 0 aromatic rings. The van der Waals surface area contributed by atoms with Crippen LogP contribution in [0.1, 0.15) is 0 Å². The average Bonchev–Trinajstić information content (AvgIpc) is 1.27. The van der Waals surface area contributed by atoms with Gasteiger partial charge in [-0.15, -0.1) is 0 Å². The summed E-state index contributed by atoms with van der Waals surface area (Å²) >= 11 is 0. The molecule has 0 aliphatic heterocycles. The van der Waals surface area contributed by atoms with Crippen LogP contribution in [-0.2, 0) is 4.94 Å². The SMILES string of the molecule is NN([O-])ON(N)[O-]. The van der Waals surface area contributed by atoms with Crippen LogP contribution in [0.15, 0.2) is 0 Å². The van der Waals surface area contributed by atoms with Crippen molar-refractivity contribution in [3.8, 4) is 0 Å². The summed E-state index contributed by atoms with van der Waals surface area (Å²) in [5.41, 5.74) is 0. The Morgan fingerprint density at radius 3 is 1.43 bits per heavy atom. The quantitative estimate of drug-likeness (QED) is 0.316. The minimum absolute atomic E-state index is 0.562. The summed E-state index contributed by atoms with van der Waals surface area (Å²) in [4.78, 5) is 3.36. The lowest BCUT2D eigenvalue weighted by Gasteiger charge is -2.28. The molecule has 0 rings (SSSR count). The number of hydrazine groups is 2. The second-order valence-corrected chi connectivity index (χ2v) is 0.652. The Morgan fingerprint density at radius 2 is 1.43 bits per heavy atom. The van der Waals surface area contributed by atoms with Gasteiger partial charge in [0.1, 0.15) is 0 Å². The van der Waals surface area contributed by atoms with Crippen LogP contribution >= 0.6 is 0 Å². The van der Waals surface area contributed by atoms with E-state index in [2.05, 4.69) is 16.6 Å². The van der Waals surface area contributed by atoms with E-state index in [4.69, 9.17) is 0 Å². The molecule has 0 saturated carbocycles. The van der Waals surface area contributed by atoms with E-state index in [0.717, 1.165) is 0 Å². The Labute approximate surface area is 39.0 Å². The molecule has 0 heterocycles. The molecule has 7 heteroatoms. The van der Waals surface area contributed by atoms with Crippen molar-refractivity contribution >= 4 is 0 Å². The van der Waals surface area contributed by atoms with Gasteiger partial charge in [-0.3, -0.25) is 11.7 Å². The van der Waals surface area contributed by atoms with E-state index in [1.54, 1.807) is 0 Å². The first-order chi connectivity index (χ1) is 3.13. The minimum atomic E-state index is -0.562. The highest BCUT2D eigenvalue weighted by Crippen LogP contribution is 1.74. The average molecular weight is 108 g/mol. The normalized spacial score (nSPS) is 11.1. The van der Waals surface area contributed by atoms with Gasteiger partial charge in [-0.25, -0.2) is 4.94 Å². The number of nitrogens with zero attached hydrogens (tertiary/aromatic N) is 2. The van der Waals surface area contributed by atoms with Gasteiger partial charge in [0.25, 0.3) is 0 Å². The molecule has 0 aromatic heterocycles. The third-order valence-electron chi connectivity index (χ3n) is 0.161. The summed E-state index contributed by atoms with van der Waals surface area (Å²) in [7, 11) is 0. The Bertz CT molecular complexity index is 36.2. The first-order valence-electron chi connectivity index (χ1n) is 1.25. The molecule has 0 bridgehead atoms. The van der Waals surface area contributed by atoms with E-state index in [1.165, 1.54) is 0 Å². The molecule has 0 fully saturated rings. The Morgan fingerprint density at radius 1 is 1.14 bits per heavy atom. The zero-order valence-corrected chi connectivity index (χ0v) is 3.27. The minimum Gasteiger partial charge on any atom is -0.747 e. The van der Waals surface area contributed by atoms with Crippen molar-refractivity contribution in [2.75, 3.05) is 0 Å². The first-order valence-corrected chi connectivity index (χ1v) is 1.25. The van der Waals surface area contributed by atoms with Crippen LogP contribution in [0.25, 0.3) is 0 Å². The molecule has 7 heavy (non-hydrogen) atoms. The summed E-state index contributed by atoms with van der Waals surface area (Å²) in [6, 6.07) is 0. The maximum atomic E-state index is 9.40. The third kappa shape index (κ3) is 5.72. The van der Waals surface area contributed by atoms with Gasteiger partial charge in [-0.05, 0) is 0 Å². The van der Waals surface area contributed by atoms with Crippen LogP contribution in [0.2, 0.25) is 0 Å². The zero-order valence-electron chi connectivity index (χ0n) is 3.27. The molecule has 0 spiro atoms. The second-order valence-electron chi connectivity index (χ2n) is 0.652. The lowest BCUT2D eigenvalue weighted by molar-refractivity contribution is -0.285. The van der Waals surface area contributed by atoms with Gasteiger partial charge in [-0.1, -0.05) is 0 Å². The summed E-state index contributed by atoms with van der Waals surface area (Å²) in [5, 5.41) is 17.7. The fraction of sp³-hybridized carbons (Fsp3) is 0. The van der Waals surface area contributed by atoms with Gasteiger partial charge in [-0.2, -0.15) is 10.7 Å². The smallest absolute Gasteiger partial charge is 0.175 e. The van der Waals surface area contributed by atoms with Gasteiger partial charge >= 0.3 is 0 Å². The van der Waals surface area contributed by atoms with Gasteiger partial charge < -0.3 is 10.4 Å². The van der Waals surface area contributed by atoms with E-state index < -0.39 is 10.7 Å². The maximum absolute atomic E-state index is 9.40. The van der Waals surface area contributed by atoms with Crippen molar-refractivity contribution < 1.29 is 4.94 Å². The summed E-state index contributed by atoms with van der Waals surface area (Å²) in [6.07, 6.45) is 0. The van der Waals surface area contributed by atoms with Gasteiger partial charge in [0.2, 0.25) is 0 Å². The van der Waals surface area contributed by atoms with Crippen LogP contribution in [0.4, 0.5) is 0 Å². The molecule has 0 saturated heterocycles. The van der Waals surface area contributed by atoms with E-state index in [-0.39, 0.29) is 0 Å². The molecule has 0 aromatic carbocycles. The molecule has 4 N–H and O–H groups in total. The van der Waals surface area contributed by atoms with Crippen molar-refractivity contribution in [2.24, 2.45) is 11.7 Å². The lowest BCUT2D eigenvalue weighted by Crippen LogP contribution is -2.36. The molecule has 0 amide bonds. The maximum Gasteiger partial charge on any atom is -0.175 e. The third-order valence-corrected chi connectivity index (χ3v) is 0.161. The van der Waals surface area contributed by atoms with Crippen LogP contribution in [0.3, 0.4) is 0 Å². The summed E-state index contributed by atoms with van der Waals surface area (Å²) < 4.78 is 0. The summed E-state index contributed by atoms with van der Waals surface area (Å²) in [5.74, 6) is 8.45. The molecule has 0 aliphatic carbocycles. The zero-order chi connectivity index (χ0) is 5.86. The Hall–Kier alpha value is -0.280. The van der Waals surface area contributed by atoms with Crippen molar-refractivity contribution in [3.63, 3.8) is 0 Å². The first kappa shape index (κ1) is 6.72. The molecule has 0 radical (unpaired) electrons. The Balaban J connectivity index is 2.95. The number of hydrogen-bond donors (Lipinski definition) is 2. The van der Waals surface area contributed by atoms with Gasteiger partial charge in [0.15, 0.2) is 0 Å². The molecular formula is H4N4O3-2. The molecule has 0 atom stereocenters. The topological polar surface area (TPSA) is 114 Å². The molecule has 0 aliphatic rings. The van der Waals surface area contributed by atoms with Crippen molar-refractivity contribution in [1.82, 2.24) is 10.7 Å². The summed E-state index contributed by atoms with van der Waals surface area (Å²) in [6.45, 7) is 0. The van der Waals surface area contributed by atoms with E-state index in [0.29, 0.717) is 0 Å². The van der Waals surface area contributed by atoms with Crippen LogP contribution in [0.5, 0.6) is 0 Å². The molecule has 44 valence electrons. The van der Waals surface area contributed by atoms with Crippen molar-refractivity contribution in [3.05, 3.63) is 10.4 Å². The highest BCUT2D eigenvalue weighted by Gasteiger charge is 1.75. The van der Waals surface area contributed by atoms with Crippen molar-refractivity contribution in [1.29, 1.82) is 0 Å². The Kier molecular flexibility index (Phi) is 2.71. The van der Waals surface area contributed by atoms with Crippen molar-refractivity contribution in [2.45, 2.75) is 0 Å². The number of nitrogens with two attached hydrogens (primary N) is 2. The van der Waals surface area contributed by atoms with Crippen LogP contribution < -0.4 is 11.7 Å². The largest absolute Gasteiger partial charge is 0.747 e. The fourth-order valence-electron chi connectivity index (χ4n) is 0.0793. The highest BCUT2D eigenvalue weighted by atomic mass is 17.1. The molecule has 7 nitrogen and oxygen atoms in total. The molecule has 0 unspecified atom stereocenters. The van der Waals surface area contributed by atoms with E-state index in [1.807, 2.05) is 0 Å². The second kappa shape index (κ2) is 2.82. The predicted octanol–water partition coefficient (Wildman–Crippen LogP) is -1.82. The lowest BCUT2D eigenvalue weighted by atomic mass is 12.5. The number of hydrogen-bond acceptors (Lipinski definition) is 7. The van der Waals surface area contributed by atoms with E-state index in [9.17, 15) is 10.4 Å². The molecular weight excluding hydrogens is 104 g/mol. The number of rotatable bonds is 2.